The quantitative estimate of drug-likeness (QED) is 0.748. The van der Waals surface area contributed by atoms with Crippen molar-refractivity contribution in [2.45, 2.75) is 46.2 Å². The average Bonchev–Trinajstić information content (AvgIpc) is 2.82. The fourth-order valence-electron chi connectivity index (χ4n) is 2.57. The number of likely N-dealkylation sites (tertiary alicyclic amines) is 1. The molecule has 1 fully saturated rings. The van der Waals surface area contributed by atoms with E-state index in [2.05, 4.69) is 34.6 Å². The van der Waals surface area contributed by atoms with Gasteiger partial charge in [-0.1, -0.05) is 6.92 Å². The molecule has 4 nitrogen and oxygen atoms in total. The summed E-state index contributed by atoms with van der Waals surface area (Å²) in [6.45, 7) is 8.22. The molecular formula is C14H23N3O. The van der Waals surface area contributed by atoms with Crippen LogP contribution in [-0.4, -0.2) is 34.1 Å². The molecule has 1 aliphatic heterocycles. The summed E-state index contributed by atoms with van der Waals surface area (Å²) < 4.78 is 2.10. The van der Waals surface area contributed by atoms with E-state index in [4.69, 9.17) is 0 Å². The zero-order valence-electron chi connectivity index (χ0n) is 11.4. The third kappa shape index (κ3) is 2.99. The molecule has 1 aromatic heterocycles. The molecule has 0 aromatic carbocycles. The summed E-state index contributed by atoms with van der Waals surface area (Å²) in [5.41, 5.74) is 2.48. The van der Waals surface area contributed by atoms with E-state index in [0.29, 0.717) is 0 Å². The average molecular weight is 249 g/mol. The highest BCUT2D eigenvalue weighted by Crippen LogP contribution is 2.17. The molecule has 0 aliphatic carbocycles. The Kier molecular flexibility index (Phi) is 4.53. The van der Waals surface area contributed by atoms with Crippen LogP contribution in [0.1, 0.15) is 38.1 Å². The zero-order valence-corrected chi connectivity index (χ0v) is 11.4. The van der Waals surface area contributed by atoms with Crippen LogP contribution in [0.2, 0.25) is 0 Å². The van der Waals surface area contributed by atoms with Gasteiger partial charge in [0.05, 0.1) is 11.4 Å². The van der Waals surface area contributed by atoms with E-state index >= 15 is 0 Å². The van der Waals surface area contributed by atoms with Gasteiger partial charge in [0, 0.05) is 19.0 Å². The summed E-state index contributed by atoms with van der Waals surface area (Å²) in [6, 6.07) is 2.22. The van der Waals surface area contributed by atoms with Crippen LogP contribution in [0.4, 0.5) is 0 Å². The van der Waals surface area contributed by atoms with Gasteiger partial charge in [-0.3, -0.25) is 9.58 Å². The number of aromatic nitrogens is 2. The summed E-state index contributed by atoms with van der Waals surface area (Å²) >= 11 is 0. The lowest BCUT2D eigenvalue weighted by Gasteiger charge is -2.29. The van der Waals surface area contributed by atoms with Crippen LogP contribution >= 0.6 is 0 Å². The predicted molar refractivity (Wildman–Crippen MR) is 71.3 cm³/mol. The van der Waals surface area contributed by atoms with E-state index in [1.807, 2.05) is 0 Å². The fraction of sp³-hybridized carbons (Fsp3) is 0.714. The molecule has 2 heterocycles. The van der Waals surface area contributed by atoms with Crippen LogP contribution in [0.25, 0.3) is 0 Å². The van der Waals surface area contributed by atoms with Gasteiger partial charge in [0.1, 0.15) is 6.29 Å². The number of rotatable bonds is 5. The van der Waals surface area contributed by atoms with Crippen LogP contribution in [0.5, 0.6) is 0 Å². The Morgan fingerprint density at radius 2 is 2.11 bits per heavy atom. The highest BCUT2D eigenvalue weighted by molar-refractivity contribution is 5.53. The number of hydrogen-bond acceptors (Lipinski definition) is 3. The Morgan fingerprint density at radius 1 is 1.39 bits per heavy atom. The number of piperidine rings is 1. The number of hydrogen-bond donors (Lipinski definition) is 0. The topological polar surface area (TPSA) is 38.1 Å². The van der Waals surface area contributed by atoms with Crippen molar-refractivity contribution in [2.75, 3.05) is 13.1 Å². The van der Waals surface area contributed by atoms with Gasteiger partial charge < -0.3 is 4.79 Å². The van der Waals surface area contributed by atoms with Crippen LogP contribution < -0.4 is 0 Å². The lowest BCUT2D eigenvalue weighted by Crippen LogP contribution is -2.34. The lowest BCUT2D eigenvalue weighted by molar-refractivity contribution is -0.112. The third-order valence-corrected chi connectivity index (χ3v) is 3.79. The first-order valence-corrected chi connectivity index (χ1v) is 7.00. The summed E-state index contributed by atoms with van der Waals surface area (Å²) in [5, 5.41) is 4.58. The number of carbonyl (C=O) groups is 1. The van der Waals surface area contributed by atoms with Crippen LogP contribution in [0, 0.1) is 5.92 Å². The van der Waals surface area contributed by atoms with Gasteiger partial charge >= 0.3 is 0 Å². The molecule has 18 heavy (non-hydrogen) atoms. The molecule has 4 heteroatoms. The zero-order chi connectivity index (χ0) is 13.0. The molecule has 100 valence electrons. The molecule has 0 atom stereocenters. The smallest absolute Gasteiger partial charge is 0.123 e. The van der Waals surface area contributed by atoms with E-state index in [0.717, 1.165) is 51.7 Å². The second kappa shape index (κ2) is 6.14. The van der Waals surface area contributed by atoms with E-state index in [1.54, 1.807) is 0 Å². The van der Waals surface area contributed by atoms with Crippen molar-refractivity contribution in [3.05, 3.63) is 17.5 Å². The highest BCUT2D eigenvalue weighted by Gasteiger charge is 2.19. The minimum Gasteiger partial charge on any atom is -0.303 e. The Bertz CT molecular complexity index is 392. The largest absolute Gasteiger partial charge is 0.303 e. The first kappa shape index (κ1) is 13.3. The summed E-state index contributed by atoms with van der Waals surface area (Å²) in [5.74, 6) is 0.281. The molecule has 1 aliphatic rings. The van der Waals surface area contributed by atoms with Crippen molar-refractivity contribution in [1.29, 1.82) is 0 Å². The highest BCUT2D eigenvalue weighted by atomic mass is 16.1. The van der Waals surface area contributed by atoms with E-state index in [1.165, 1.54) is 11.4 Å². The minimum absolute atomic E-state index is 0.281. The van der Waals surface area contributed by atoms with Crippen LogP contribution in [0.15, 0.2) is 6.07 Å². The third-order valence-electron chi connectivity index (χ3n) is 3.79. The van der Waals surface area contributed by atoms with Gasteiger partial charge in [-0.25, -0.2) is 0 Å². The summed E-state index contributed by atoms with van der Waals surface area (Å²) in [6.07, 6.45) is 4.12. The molecule has 1 saturated heterocycles. The predicted octanol–water partition coefficient (Wildman–Crippen LogP) is 1.88. The standard InChI is InChI=1S/C14H23N3O/c1-3-13-9-14(17(4-2)15-13)10-16-7-5-12(11-18)6-8-16/h9,11-12H,3-8,10H2,1-2H3. The molecular weight excluding hydrogens is 226 g/mol. The maximum Gasteiger partial charge on any atom is 0.123 e. The molecule has 2 rings (SSSR count). The maximum absolute atomic E-state index is 10.7. The van der Waals surface area contributed by atoms with Crippen molar-refractivity contribution >= 4 is 6.29 Å². The Morgan fingerprint density at radius 3 is 2.67 bits per heavy atom. The van der Waals surface area contributed by atoms with Crippen molar-refractivity contribution in [1.82, 2.24) is 14.7 Å². The molecule has 0 radical (unpaired) electrons. The summed E-state index contributed by atoms with van der Waals surface area (Å²) in [4.78, 5) is 13.2. The second-order valence-corrected chi connectivity index (χ2v) is 5.05. The number of nitrogens with zero attached hydrogens (tertiary/aromatic N) is 3. The second-order valence-electron chi connectivity index (χ2n) is 5.05. The minimum atomic E-state index is 0.281. The van der Waals surface area contributed by atoms with Crippen molar-refractivity contribution in [3.8, 4) is 0 Å². The van der Waals surface area contributed by atoms with E-state index < -0.39 is 0 Å². The lowest BCUT2D eigenvalue weighted by atomic mass is 9.98. The Hall–Kier alpha value is -1.16. The first-order chi connectivity index (χ1) is 8.76. The van der Waals surface area contributed by atoms with Crippen LogP contribution in [-0.2, 0) is 24.3 Å². The molecule has 0 amide bonds. The molecule has 0 spiro atoms. The molecule has 0 saturated carbocycles. The van der Waals surface area contributed by atoms with Crippen molar-refractivity contribution < 1.29 is 4.79 Å². The van der Waals surface area contributed by atoms with Gasteiger partial charge in [0.15, 0.2) is 0 Å². The Balaban J connectivity index is 1.97. The van der Waals surface area contributed by atoms with Gasteiger partial charge in [0.25, 0.3) is 0 Å². The monoisotopic (exact) mass is 249 g/mol. The van der Waals surface area contributed by atoms with Gasteiger partial charge in [-0.2, -0.15) is 5.10 Å². The molecule has 0 unspecified atom stereocenters. The SMILES string of the molecule is CCc1cc(CN2CCC(C=O)CC2)n(CC)n1. The van der Waals surface area contributed by atoms with E-state index in [9.17, 15) is 4.79 Å². The molecule has 0 bridgehead atoms. The van der Waals surface area contributed by atoms with Crippen molar-refractivity contribution in [3.63, 3.8) is 0 Å². The van der Waals surface area contributed by atoms with Crippen molar-refractivity contribution in [2.24, 2.45) is 5.92 Å². The summed E-state index contributed by atoms with van der Waals surface area (Å²) in [7, 11) is 0. The molecule has 0 N–H and O–H groups in total. The van der Waals surface area contributed by atoms with E-state index in [-0.39, 0.29) is 5.92 Å². The number of aryl methyl sites for hydroxylation is 2. The van der Waals surface area contributed by atoms with Gasteiger partial charge in [-0.15, -0.1) is 0 Å². The number of carbonyl (C=O) groups excluding carboxylic acids is 1. The fourth-order valence-corrected chi connectivity index (χ4v) is 2.57. The molecule has 1 aromatic rings. The maximum atomic E-state index is 10.7. The first-order valence-electron chi connectivity index (χ1n) is 7.00. The number of aldehydes is 1. The van der Waals surface area contributed by atoms with Gasteiger partial charge in [-0.05, 0) is 45.3 Å². The van der Waals surface area contributed by atoms with Gasteiger partial charge in [0.2, 0.25) is 0 Å². The Labute approximate surface area is 109 Å². The normalized spacial score (nSPS) is 18.1. The van der Waals surface area contributed by atoms with Crippen LogP contribution in [0.3, 0.4) is 0 Å².